The fraction of sp³-hybridized carbons (Fsp3) is 0.643. The Labute approximate surface area is 120 Å². The van der Waals surface area contributed by atoms with Gasteiger partial charge in [0.25, 0.3) is 0 Å². The van der Waals surface area contributed by atoms with Gasteiger partial charge in [-0.25, -0.2) is 9.97 Å². The van der Waals surface area contributed by atoms with Crippen LogP contribution in [0.15, 0.2) is 12.4 Å². The fourth-order valence-electron chi connectivity index (χ4n) is 1.35. The summed E-state index contributed by atoms with van der Waals surface area (Å²) in [6.45, 7) is 10.1. The van der Waals surface area contributed by atoms with Crippen LogP contribution in [0.4, 0.5) is 5.95 Å². The van der Waals surface area contributed by atoms with E-state index in [0.29, 0.717) is 12.1 Å². The molecule has 6 nitrogen and oxygen atoms in total. The van der Waals surface area contributed by atoms with E-state index in [1.54, 1.807) is 13.8 Å². The van der Waals surface area contributed by atoms with Crippen LogP contribution in [0.5, 0.6) is 0 Å². The topological polar surface area (TPSA) is 87.1 Å². The minimum Gasteiger partial charge on any atom is -0.387 e. The Kier molecular flexibility index (Phi) is 5.59. The minimum atomic E-state index is -0.677. The van der Waals surface area contributed by atoms with Crippen molar-refractivity contribution in [1.82, 2.24) is 15.3 Å². The third kappa shape index (κ3) is 5.63. The van der Waals surface area contributed by atoms with Gasteiger partial charge in [0, 0.05) is 36.0 Å². The molecule has 1 aromatic rings. The minimum absolute atomic E-state index is 0.0625. The first-order valence-corrected chi connectivity index (χ1v) is 6.75. The average Bonchev–Trinajstić information content (AvgIpc) is 2.35. The molecule has 20 heavy (non-hydrogen) atoms. The largest absolute Gasteiger partial charge is 0.387 e. The lowest BCUT2D eigenvalue weighted by Gasteiger charge is -2.22. The number of hydrogen-bond donors (Lipinski definition) is 3. The number of aromatic nitrogens is 2. The highest BCUT2D eigenvalue weighted by molar-refractivity contribution is 5.90. The molecule has 0 bridgehead atoms. The summed E-state index contributed by atoms with van der Waals surface area (Å²) in [7, 11) is 0. The van der Waals surface area contributed by atoms with E-state index < -0.39 is 6.10 Å². The summed E-state index contributed by atoms with van der Waals surface area (Å²) >= 11 is 0. The summed E-state index contributed by atoms with van der Waals surface area (Å²) in [5.41, 5.74) is 0.553. The first-order chi connectivity index (χ1) is 9.19. The predicted octanol–water partition coefficient (Wildman–Crippen LogP) is 1.49. The molecule has 0 saturated heterocycles. The summed E-state index contributed by atoms with van der Waals surface area (Å²) in [4.78, 5) is 19.6. The predicted molar refractivity (Wildman–Crippen MR) is 78.2 cm³/mol. The second kappa shape index (κ2) is 6.76. The molecule has 0 aliphatic carbocycles. The van der Waals surface area contributed by atoms with Crippen molar-refractivity contribution in [1.29, 1.82) is 0 Å². The van der Waals surface area contributed by atoms with Crippen LogP contribution < -0.4 is 10.6 Å². The Bertz CT molecular complexity index is 437. The van der Waals surface area contributed by atoms with E-state index in [9.17, 15) is 9.90 Å². The maximum Gasteiger partial charge on any atom is 0.229 e. The summed E-state index contributed by atoms with van der Waals surface area (Å²) in [6.07, 6.45) is 2.37. The van der Waals surface area contributed by atoms with Crippen molar-refractivity contribution in [3.8, 4) is 0 Å². The van der Waals surface area contributed by atoms with Crippen LogP contribution in [0.3, 0.4) is 0 Å². The van der Waals surface area contributed by atoms with Crippen LogP contribution in [0.25, 0.3) is 0 Å². The number of rotatable bonds is 5. The van der Waals surface area contributed by atoms with Gasteiger partial charge in [0.1, 0.15) is 0 Å². The van der Waals surface area contributed by atoms with Crippen molar-refractivity contribution in [2.45, 2.75) is 46.3 Å². The highest BCUT2D eigenvalue weighted by Crippen LogP contribution is 2.12. The number of aliphatic hydroxyl groups excluding tert-OH is 1. The van der Waals surface area contributed by atoms with Crippen molar-refractivity contribution >= 4 is 11.9 Å². The van der Waals surface area contributed by atoms with Gasteiger partial charge in [-0.05, 0) is 20.8 Å². The van der Waals surface area contributed by atoms with Crippen LogP contribution in [-0.4, -0.2) is 33.1 Å². The van der Waals surface area contributed by atoms with Crippen LogP contribution in [0.2, 0.25) is 0 Å². The number of β-amino-alcohol motifs (C(OH)–C–C–N with tert-alkyl or cyclic N) is 1. The molecule has 1 aromatic heterocycles. The molecule has 0 fully saturated rings. The summed E-state index contributed by atoms with van der Waals surface area (Å²) in [6, 6.07) is 0. The number of amides is 1. The van der Waals surface area contributed by atoms with Gasteiger partial charge in [0.2, 0.25) is 11.9 Å². The highest BCUT2D eigenvalue weighted by atomic mass is 16.3. The number of hydrogen-bond acceptors (Lipinski definition) is 5. The molecule has 0 saturated carbocycles. The quantitative estimate of drug-likeness (QED) is 0.760. The van der Waals surface area contributed by atoms with Crippen molar-refractivity contribution in [3.63, 3.8) is 0 Å². The number of anilines is 1. The van der Waals surface area contributed by atoms with Gasteiger partial charge in [0.05, 0.1) is 6.10 Å². The van der Waals surface area contributed by atoms with Crippen LogP contribution in [0, 0.1) is 5.92 Å². The lowest BCUT2D eigenvalue weighted by atomic mass is 10.1. The van der Waals surface area contributed by atoms with Crippen LogP contribution in [0.1, 0.15) is 46.3 Å². The standard InChI is InChI=1S/C14H24N4O2/c1-9(2)12(20)18-13-15-6-10(7-16-13)11(19)8-17-14(3,4)5/h6-7,9,11,17,19H,8H2,1-5H3,(H,15,16,18,20). The second-order valence-electron chi connectivity index (χ2n) is 6.13. The Balaban J connectivity index is 2.59. The molecule has 1 heterocycles. The van der Waals surface area contributed by atoms with Gasteiger partial charge in [0.15, 0.2) is 0 Å². The van der Waals surface area contributed by atoms with E-state index in [0.717, 1.165) is 0 Å². The Morgan fingerprint density at radius 1 is 1.30 bits per heavy atom. The van der Waals surface area contributed by atoms with Gasteiger partial charge < -0.3 is 10.4 Å². The number of nitrogens with zero attached hydrogens (tertiary/aromatic N) is 2. The van der Waals surface area contributed by atoms with E-state index in [1.165, 1.54) is 12.4 Å². The van der Waals surface area contributed by atoms with Crippen LogP contribution in [-0.2, 0) is 4.79 Å². The number of carbonyl (C=O) groups excluding carboxylic acids is 1. The molecule has 1 unspecified atom stereocenters. The first-order valence-electron chi connectivity index (χ1n) is 6.75. The molecule has 0 spiro atoms. The third-order valence-electron chi connectivity index (χ3n) is 2.64. The molecule has 0 aliphatic rings. The SMILES string of the molecule is CC(C)C(=O)Nc1ncc(C(O)CNC(C)(C)C)cn1. The molecular formula is C14H24N4O2. The summed E-state index contributed by atoms with van der Waals surface area (Å²) in [5, 5.41) is 15.8. The molecule has 0 radical (unpaired) electrons. The Morgan fingerprint density at radius 2 is 1.85 bits per heavy atom. The number of carbonyl (C=O) groups is 1. The van der Waals surface area contributed by atoms with E-state index in [-0.39, 0.29) is 23.3 Å². The Hall–Kier alpha value is -1.53. The zero-order valence-corrected chi connectivity index (χ0v) is 12.8. The van der Waals surface area contributed by atoms with Crippen LogP contribution >= 0.6 is 0 Å². The molecule has 1 atom stereocenters. The zero-order valence-electron chi connectivity index (χ0n) is 12.8. The molecule has 3 N–H and O–H groups in total. The third-order valence-corrected chi connectivity index (χ3v) is 2.64. The number of nitrogens with one attached hydrogen (secondary N) is 2. The van der Waals surface area contributed by atoms with E-state index >= 15 is 0 Å². The smallest absolute Gasteiger partial charge is 0.229 e. The van der Waals surface area contributed by atoms with Crippen molar-refractivity contribution in [2.75, 3.05) is 11.9 Å². The van der Waals surface area contributed by atoms with E-state index in [4.69, 9.17) is 0 Å². The molecule has 0 aromatic carbocycles. The highest BCUT2D eigenvalue weighted by Gasteiger charge is 2.15. The summed E-state index contributed by atoms with van der Waals surface area (Å²) < 4.78 is 0. The van der Waals surface area contributed by atoms with Gasteiger partial charge >= 0.3 is 0 Å². The van der Waals surface area contributed by atoms with Crippen molar-refractivity contribution in [2.24, 2.45) is 5.92 Å². The molecule has 1 amide bonds. The normalized spacial score (nSPS) is 13.3. The number of aliphatic hydroxyl groups is 1. The zero-order chi connectivity index (χ0) is 15.3. The lowest BCUT2D eigenvalue weighted by molar-refractivity contribution is -0.118. The molecule has 112 valence electrons. The molecule has 6 heteroatoms. The molecular weight excluding hydrogens is 256 g/mol. The van der Waals surface area contributed by atoms with E-state index in [1.807, 2.05) is 20.8 Å². The molecule has 1 rings (SSSR count). The van der Waals surface area contributed by atoms with Crippen molar-refractivity contribution in [3.05, 3.63) is 18.0 Å². The Morgan fingerprint density at radius 3 is 2.30 bits per heavy atom. The maximum absolute atomic E-state index is 11.5. The lowest BCUT2D eigenvalue weighted by Crippen LogP contribution is -2.38. The van der Waals surface area contributed by atoms with Gasteiger partial charge in [-0.3, -0.25) is 10.1 Å². The second-order valence-corrected chi connectivity index (χ2v) is 6.13. The van der Waals surface area contributed by atoms with Gasteiger partial charge in [-0.1, -0.05) is 13.8 Å². The first kappa shape index (κ1) is 16.5. The fourth-order valence-corrected chi connectivity index (χ4v) is 1.35. The summed E-state index contributed by atoms with van der Waals surface area (Å²) in [5.74, 6) is -0.00372. The van der Waals surface area contributed by atoms with E-state index in [2.05, 4.69) is 20.6 Å². The van der Waals surface area contributed by atoms with Gasteiger partial charge in [-0.15, -0.1) is 0 Å². The monoisotopic (exact) mass is 280 g/mol. The molecule has 0 aliphatic heterocycles. The van der Waals surface area contributed by atoms with Crippen molar-refractivity contribution < 1.29 is 9.90 Å². The average molecular weight is 280 g/mol. The van der Waals surface area contributed by atoms with Gasteiger partial charge in [-0.2, -0.15) is 0 Å². The maximum atomic E-state index is 11.5.